The molecule has 168 valence electrons. The molecule has 0 aliphatic carbocycles. The molecule has 31 heavy (non-hydrogen) atoms. The molecule has 2 aromatic rings. The van der Waals surface area contributed by atoms with Crippen molar-refractivity contribution >= 4 is 21.6 Å². The Hall–Kier alpha value is -1.56. The van der Waals surface area contributed by atoms with Gasteiger partial charge in [0.15, 0.2) is 5.79 Å². The Morgan fingerprint density at radius 1 is 1.03 bits per heavy atom. The number of benzene rings is 1. The summed E-state index contributed by atoms with van der Waals surface area (Å²) in [6.07, 6.45) is 2.31. The molecule has 0 saturated carbocycles. The fourth-order valence-corrected chi connectivity index (χ4v) is 5.15. The average molecular weight is 467 g/mol. The van der Waals surface area contributed by atoms with Crippen LogP contribution in [0.15, 0.2) is 45.4 Å². The Balaban J connectivity index is 1.66. The lowest BCUT2D eigenvalue weighted by atomic mass is 9.90. The number of hydrogen-bond donors (Lipinski definition) is 0. The highest BCUT2D eigenvalue weighted by Gasteiger charge is 2.37. The number of methoxy groups -OCH3 is 1. The van der Waals surface area contributed by atoms with Crippen molar-refractivity contribution in [1.29, 1.82) is 0 Å². The fourth-order valence-electron chi connectivity index (χ4n) is 3.75. The third-order valence-corrected chi connectivity index (χ3v) is 7.38. The largest absolute Gasteiger partial charge is 0.381 e. The van der Waals surface area contributed by atoms with Gasteiger partial charge in [0.2, 0.25) is 15.0 Å². The van der Waals surface area contributed by atoms with Crippen LogP contribution in [0.1, 0.15) is 31.0 Å². The van der Waals surface area contributed by atoms with Crippen LogP contribution >= 0.6 is 11.8 Å². The topological polar surface area (TPSA) is 96.8 Å². The molecule has 2 fully saturated rings. The second kappa shape index (κ2) is 8.76. The normalized spacial score (nSPS) is 20.6. The summed E-state index contributed by atoms with van der Waals surface area (Å²) in [5, 5.41) is 0.341. The maximum Gasteiger partial charge on any atom is 0.248 e. The van der Waals surface area contributed by atoms with Gasteiger partial charge in [-0.05, 0) is 25.1 Å². The van der Waals surface area contributed by atoms with Crippen molar-refractivity contribution in [3.8, 4) is 0 Å². The van der Waals surface area contributed by atoms with Crippen molar-refractivity contribution in [2.24, 2.45) is 0 Å². The predicted molar refractivity (Wildman–Crippen MR) is 114 cm³/mol. The SMILES string of the molecule is COC1(c2cc(Sc3ccc(C4(C)OCCO4)cc3)nc(S(C)(=O)=O)n2)CCOCC1. The van der Waals surface area contributed by atoms with Gasteiger partial charge < -0.3 is 18.9 Å². The molecule has 3 heterocycles. The van der Waals surface area contributed by atoms with Crippen LogP contribution in [0.5, 0.6) is 0 Å². The third-order valence-electron chi connectivity index (χ3n) is 5.61. The number of nitrogens with zero attached hydrogens (tertiary/aromatic N) is 2. The summed E-state index contributed by atoms with van der Waals surface area (Å²) in [5.74, 6) is -0.733. The zero-order valence-electron chi connectivity index (χ0n) is 17.8. The molecule has 0 atom stereocenters. The van der Waals surface area contributed by atoms with Gasteiger partial charge in [0.25, 0.3) is 0 Å². The fraction of sp³-hybridized carbons (Fsp3) is 0.524. The summed E-state index contributed by atoms with van der Waals surface area (Å²) < 4.78 is 47.2. The molecule has 0 bridgehead atoms. The molecule has 1 aromatic heterocycles. The molecule has 4 rings (SSSR count). The second-order valence-electron chi connectivity index (χ2n) is 7.73. The van der Waals surface area contributed by atoms with Crippen molar-refractivity contribution in [2.75, 3.05) is 39.8 Å². The first-order chi connectivity index (χ1) is 14.7. The van der Waals surface area contributed by atoms with Crippen molar-refractivity contribution in [3.63, 3.8) is 0 Å². The highest BCUT2D eigenvalue weighted by molar-refractivity contribution is 7.99. The molecule has 2 aliphatic heterocycles. The van der Waals surface area contributed by atoms with E-state index in [1.54, 1.807) is 7.11 Å². The first kappa shape index (κ1) is 22.6. The Labute approximate surface area is 186 Å². The van der Waals surface area contributed by atoms with E-state index in [9.17, 15) is 8.42 Å². The van der Waals surface area contributed by atoms with Gasteiger partial charge in [-0.15, -0.1) is 0 Å². The molecule has 10 heteroatoms. The van der Waals surface area contributed by atoms with Crippen molar-refractivity contribution in [3.05, 3.63) is 41.6 Å². The molecular weight excluding hydrogens is 440 g/mol. The average Bonchev–Trinajstić information content (AvgIpc) is 3.21. The Morgan fingerprint density at radius 3 is 2.26 bits per heavy atom. The predicted octanol–water partition coefficient (Wildman–Crippen LogP) is 2.90. The number of rotatable bonds is 6. The van der Waals surface area contributed by atoms with Gasteiger partial charge >= 0.3 is 0 Å². The van der Waals surface area contributed by atoms with E-state index in [4.69, 9.17) is 18.9 Å². The molecule has 2 saturated heterocycles. The monoisotopic (exact) mass is 466 g/mol. The van der Waals surface area contributed by atoms with E-state index in [1.807, 2.05) is 37.3 Å². The number of sulfone groups is 1. The molecule has 0 spiro atoms. The molecule has 2 aliphatic rings. The van der Waals surface area contributed by atoms with Crippen LogP contribution in [0, 0.1) is 0 Å². The third kappa shape index (κ3) is 4.79. The number of aromatic nitrogens is 2. The van der Waals surface area contributed by atoms with Crippen LogP contribution in [-0.4, -0.2) is 58.2 Å². The highest BCUT2D eigenvalue weighted by atomic mass is 32.2. The zero-order valence-corrected chi connectivity index (χ0v) is 19.4. The van der Waals surface area contributed by atoms with Crippen LogP contribution in [0.2, 0.25) is 0 Å². The summed E-state index contributed by atoms with van der Waals surface area (Å²) in [5.41, 5.74) is 0.800. The van der Waals surface area contributed by atoms with Crippen LogP contribution in [0.4, 0.5) is 0 Å². The van der Waals surface area contributed by atoms with E-state index in [0.717, 1.165) is 16.7 Å². The first-order valence-electron chi connectivity index (χ1n) is 10.0. The molecule has 1 aromatic carbocycles. The van der Waals surface area contributed by atoms with E-state index in [-0.39, 0.29) is 5.16 Å². The molecule has 0 amide bonds. The van der Waals surface area contributed by atoms with Crippen LogP contribution < -0.4 is 0 Å². The summed E-state index contributed by atoms with van der Waals surface area (Å²) in [6, 6.07) is 9.59. The van der Waals surface area contributed by atoms with E-state index in [2.05, 4.69) is 9.97 Å². The van der Waals surface area contributed by atoms with Gasteiger partial charge in [-0.3, -0.25) is 0 Å². The summed E-state index contributed by atoms with van der Waals surface area (Å²) >= 11 is 1.37. The lowest BCUT2D eigenvalue weighted by molar-refractivity contribution is -0.149. The maximum absolute atomic E-state index is 12.3. The minimum atomic E-state index is -3.60. The first-order valence-corrected chi connectivity index (χ1v) is 12.7. The van der Waals surface area contributed by atoms with Gasteiger partial charge in [-0.2, -0.15) is 0 Å². The smallest absolute Gasteiger partial charge is 0.248 e. The van der Waals surface area contributed by atoms with Crippen molar-refractivity contribution in [1.82, 2.24) is 9.97 Å². The van der Waals surface area contributed by atoms with Crippen LogP contribution in [-0.2, 0) is 40.2 Å². The lowest BCUT2D eigenvalue weighted by Gasteiger charge is -2.35. The van der Waals surface area contributed by atoms with Gasteiger partial charge in [0, 0.05) is 49.9 Å². The van der Waals surface area contributed by atoms with E-state index in [1.165, 1.54) is 11.8 Å². The van der Waals surface area contributed by atoms with Gasteiger partial charge in [-0.1, -0.05) is 23.9 Å². The van der Waals surface area contributed by atoms with Crippen LogP contribution in [0.25, 0.3) is 0 Å². The minimum absolute atomic E-state index is 0.202. The van der Waals surface area contributed by atoms with E-state index < -0.39 is 21.2 Å². The molecular formula is C21H26N2O6S2. The van der Waals surface area contributed by atoms with E-state index >= 15 is 0 Å². The lowest BCUT2D eigenvalue weighted by Crippen LogP contribution is -2.37. The standard InChI is InChI=1S/C21H26N2O6S2/c1-20(28-12-13-29-20)15-4-6-16(7-5-15)30-18-14-17(22-19(23-18)31(3,24)25)21(26-2)8-10-27-11-9-21/h4-7,14H,8-13H2,1-3H3. The quantitative estimate of drug-likeness (QED) is 0.470. The maximum atomic E-state index is 12.3. The summed E-state index contributed by atoms with van der Waals surface area (Å²) in [7, 11) is -1.98. The molecule has 0 unspecified atom stereocenters. The Bertz CT molecular complexity index is 1030. The summed E-state index contributed by atoms with van der Waals surface area (Å²) in [6.45, 7) is 4.08. The van der Waals surface area contributed by atoms with Gasteiger partial charge in [0.05, 0.1) is 18.9 Å². The molecule has 8 nitrogen and oxygen atoms in total. The van der Waals surface area contributed by atoms with Gasteiger partial charge in [-0.25, -0.2) is 18.4 Å². The number of hydrogen-bond acceptors (Lipinski definition) is 9. The minimum Gasteiger partial charge on any atom is -0.381 e. The van der Waals surface area contributed by atoms with Crippen molar-refractivity contribution in [2.45, 2.75) is 46.2 Å². The Kier molecular flexibility index (Phi) is 6.39. The summed E-state index contributed by atoms with van der Waals surface area (Å²) in [4.78, 5) is 9.57. The molecule has 0 N–H and O–H groups in total. The van der Waals surface area contributed by atoms with Crippen molar-refractivity contribution < 1.29 is 27.4 Å². The zero-order chi connectivity index (χ0) is 22.1. The van der Waals surface area contributed by atoms with Crippen LogP contribution in [0.3, 0.4) is 0 Å². The van der Waals surface area contributed by atoms with E-state index in [0.29, 0.717) is 50.0 Å². The molecule has 0 radical (unpaired) electrons. The highest BCUT2D eigenvalue weighted by Crippen LogP contribution is 2.38. The van der Waals surface area contributed by atoms with Gasteiger partial charge in [0.1, 0.15) is 10.6 Å². The Morgan fingerprint density at radius 2 is 1.68 bits per heavy atom. The number of ether oxygens (including phenoxy) is 4. The second-order valence-corrected chi connectivity index (χ2v) is 10.7.